The van der Waals surface area contributed by atoms with Gasteiger partial charge < -0.3 is 9.64 Å². The van der Waals surface area contributed by atoms with Gasteiger partial charge in [-0.05, 0) is 62.4 Å². The van der Waals surface area contributed by atoms with Gasteiger partial charge in [0, 0.05) is 6.04 Å². The third kappa shape index (κ3) is 1.85. The predicted octanol–water partition coefficient (Wildman–Crippen LogP) is 2.50. The third-order valence-electron chi connectivity index (χ3n) is 4.54. The van der Waals surface area contributed by atoms with E-state index in [1.807, 2.05) is 0 Å². The number of ether oxygens (including phenoxy) is 1. The Kier molecular flexibility index (Phi) is 2.83. The van der Waals surface area contributed by atoms with Crippen LogP contribution in [0, 0.1) is 5.92 Å². The van der Waals surface area contributed by atoms with Crippen molar-refractivity contribution < 1.29 is 4.74 Å². The van der Waals surface area contributed by atoms with Gasteiger partial charge in [0.15, 0.2) is 0 Å². The molecule has 1 aliphatic carbocycles. The molecule has 0 bridgehead atoms. The summed E-state index contributed by atoms with van der Waals surface area (Å²) in [7, 11) is 4.07. The quantitative estimate of drug-likeness (QED) is 0.736. The first-order valence-corrected chi connectivity index (χ1v) is 6.64. The molecule has 2 atom stereocenters. The molecule has 92 valence electrons. The van der Waals surface area contributed by atoms with Gasteiger partial charge in [0.05, 0.1) is 7.11 Å². The van der Waals surface area contributed by atoms with Crippen LogP contribution in [-0.4, -0.2) is 31.6 Å². The van der Waals surface area contributed by atoms with Gasteiger partial charge in [-0.25, -0.2) is 0 Å². The molecule has 0 aromatic heterocycles. The Bertz CT molecular complexity index is 415. The normalized spacial score (nSPS) is 28.4. The average molecular weight is 231 g/mol. The van der Waals surface area contributed by atoms with Crippen LogP contribution in [0.5, 0.6) is 5.75 Å². The van der Waals surface area contributed by atoms with Gasteiger partial charge >= 0.3 is 0 Å². The molecule has 2 nitrogen and oxygen atoms in total. The molecule has 1 aromatic carbocycles. The van der Waals surface area contributed by atoms with E-state index in [-0.39, 0.29) is 0 Å². The molecule has 1 aromatic rings. The maximum Gasteiger partial charge on any atom is 0.122 e. The Morgan fingerprint density at radius 2 is 2.18 bits per heavy atom. The summed E-state index contributed by atoms with van der Waals surface area (Å²) >= 11 is 0. The van der Waals surface area contributed by atoms with Crippen LogP contribution >= 0.6 is 0 Å². The number of hydrogen-bond donors (Lipinski definition) is 0. The highest BCUT2D eigenvalue weighted by Crippen LogP contribution is 2.37. The van der Waals surface area contributed by atoms with Gasteiger partial charge in [0.25, 0.3) is 0 Å². The number of rotatable bonds is 1. The largest absolute Gasteiger partial charge is 0.496 e. The number of hydrogen-bond acceptors (Lipinski definition) is 2. The Labute approximate surface area is 104 Å². The molecule has 0 unspecified atom stereocenters. The van der Waals surface area contributed by atoms with E-state index in [9.17, 15) is 0 Å². The molecule has 0 amide bonds. The monoisotopic (exact) mass is 231 g/mol. The van der Waals surface area contributed by atoms with Crippen LogP contribution < -0.4 is 4.74 Å². The lowest BCUT2D eigenvalue weighted by Crippen LogP contribution is -2.47. The minimum absolute atomic E-state index is 0.753. The van der Waals surface area contributed by atoms with Crippen LogP contribution in [0.2, 0.25) is 0 Å². The van der Waals surface area contributed by atoms with Crippen molar-refractivity contribution in [2.45, 2.75) is 31.7 Å². The first-order chi connectivity index (χ1) is 8.29. The molecule has 0 saturated carbocycles. The smallest absolute Gasteiger partial charge is 0.122 e. The summed E-state index contributed by atoms with van der Waals surface area (Å²) in [5.74, 6) is 1.92. The van der Waals surface area contributed by atoms with Gasteiger partial charge in [0.2, 0.25) is 0 Å². The Morgan fingerprint density at radius 3 is 3.00 bits per heavy atom. The lowest BCUT2D eigenvalue weighted by atomic mass is 9.75. The predicted molar refractivity (Wildman–Crippen MR) is 69.5 cm³/mol. The standard InChI is InChI=1S/C15H21NO/c1-16-8-4-6-12-9-13-11(10-14(12)16)5-3-7-15(13)17-2/h3,5,7,12,14H,4,6,8-10H2,1-2H3/t12-,14-/m1/s1. The van der Waals surface area contributed by atoms with Crippen LogP contribution in [0.25, 0.3) is 0 Å². The van der Waals surface area contributed by atoms with Crippen LogP contribution in [0.4, 0.5) is 0 Å². The zero-order valence-electron chi connectivity index (χ0n) is 10.8. The summed E-state index contributed by atoms with van der Waals surface area (Å²) in [4.78, 5) is 2.55. The van der Waals surface area contributed by atoms with Crippen LogP contribution in [0.3, 0.4) is 0 Å². The van der Waals surface area contributed by atoms with E-state index < -0.39 is 0 Å². The molecule has 0 spiro atoms. The van der Waals surface area contributed by atoms with Crippen molar-refractivity contribution in [3.63, 3.8) is 0 Å². The summed E-state index contributed by atoms with van der Waals surface area (Å²) in [5, 5.41) is 0. The Hall–Kier alpha value is -1.02. The molecule has 17 heavy (non-hydrogen) atoms. The molecule has 0 radical (unpaired) electrons. The Balaban J connectivity index is 1.95. The number of likely N-dealkylation sites (tertiary alicyclic amines) is 1. The van der Waals surface area contributed by atoms with Crippen molar-refractivity contribution in [1.29, 1.82) is 0 Å². The number of piperidine rings is 1. The summed E-state index contributed by atoms with van der Waals surface area (Å²) in [6.45, 7) is 1.26. The SMILES string of the molecule is COc1cccc2c1C[C@H]1CCCN(C)[C@@H]1C2. The molecular weight excluding hydrogens is 210 g/mol. The second-order valence-corrected chi connectivity index (χ2v) is 5.46. The first kappa shape index (κ1) is 11.1. The van der Waals surface area contributed by atoms with E-state index in [2.05, 4.69) is 30.1 Å². The summed E-state index contributed by atoms with van der Waals surface area (Å²) in [6, 6.07) is 7.26. The van der Waals surface area contributed by atoms with E-state index in [1.165, 1.54) is 43.4 Å². The van der Waals surface area contributed by atoms with Crippen molar-refractivity contribution in [2.75, 3.05) is 20.7 Å². The number of benzene rings is 1. The number of likely N-dealkylation sites (N-methyl/N-ethyl adjacent to an activating group) is 1. The molecule has 0 N–H and O–H groups in total. The highest BCUT2D eigenvalue weighted by molar-refractivity contribution is 5.43. The Morgan fingerprint density at radius 1 is 1.29 bits per heavy atom. The maximum absolute atomic E-state index is 5.51. The van der Waals surface area contributed by atoms with Gasteiger partial charge in [-0.2, -0.15) is 0 Å². The van der Waals surface area contributed by atoms with Gasteiger partial charge in [0.1, 0.15) is 5.75 Å². The highest BCUT2D eigenvalue weighted by Gasteiger charge is 2.34. The zero-order chi connectivity index (χ0) is 11.8. The molecule has 1 fully saturated rings. The van der Waals surface area contributed by atoms with Gasteiger partial charge in [-0.15, -0.1) is 0 Å². The first-order valence-electron chi connectivity index (χ1n) is 6.64. The molecule has 3 rings (SSSR count). The molecular formula is C15H21NO. The van der Waals surface area contributed by atoms with E-state index >= 15 is 0 Å². The lowest BCUT2D eigenvalue weighted by Gasteiger charge is -2.43. The number of fused-ring (bicyclic) bond motifs is 2. The van der Waals surface area contributed by atoms with E-state index in [0.29, 0.717) is 0 Å². The molecule has 2 aliphatic rings. The van der Waals surface area contributed by atoms with Crippen molar-refractivity contribution in [1.82, 2.24) is 4.90 Å². The second kappa shape index (κ2) is 4.34. The topological polar surface area (TPSA) is 12.5 Å². The molecule has 1 aliphatic heterocycles. The molecule has 2 heteroatoms. The van der Waals surface area contributed by atoms with Crippen LogP contribution in [0.15, 0.2) is 18.2 Å². The van der Waals surface area contributed by atoms with E-state index in [1.54, 1.807) is 7.11 Å². The van der Waals surface area contributed by atoms with Crippen LogP contribution in [0.1, 0.15) is 24.0 Å². The van der Waals surface area contributed by atoms with E-state index in [4.69, 9.17) is 4.74 Å². The van der Waals surface area contributed by atoms with Gasteiger partial charge in [-0.3, -0.25) is 0 Å². The fraction of sp³-hybridized carbons (Fsp3) is 0.600. The minimum Gasteiger partial charge on any atom is -0.496 e. The maximum atomic E-state index is 5.51. The van der Waals surface area contributed by atoms with Crippen molar-refractivity contribution in [2.24, 2.45) is 5.92 Å². The molecule has 1 saturated heterocycles. The zero-order valence-corrected chi connectivity index (χ0v) is 10.8. The minimum atomic E-state index is 0.753. The molecule has 1 heterocycles. The fourth-order valence-electron chi connectivity index (χ4n) is 3.59. The van der Waals surface area contributed by atoms with Crippen LogP contribution in [-0.2, 0) is 12.8 Å². The highest BCUT2D eigenvalue weighted by atomic mass is 16.5. The number of methoxy groups -OCH3 is 1. The summed E-state index contributed by atoms with van der Waals surface area (Å²) < 4.78 is 5.51. The van der Waals surface area contributed by atoms with Crippen molar-refractivity contribution in [3.05, 3.63) is 29.3 Å². The number of nitrogens with zero attached hydrogens (tertiary/aromatic N) is 1. The fourth-order valence-corrected chi connectivity index (χ4v) is 3.59. The summed E-state index contributed by atoms with van der Waals surface area (Å²) in [5.41, 5.74) is 2.96. The lowest BCUT2D eigenvalue weighted by molar-refractivity contribution is 0.111. The third-order valence-corrected chi connectivity index (χ3v) is 4.54. The van der Waals surface area contributed by atoms with Gasteiger partial charge in [-0.1, -0.05) is 12.1 Å². The summed E-state index contributed by atoms with van der Waals surface area (Å²) in [6.07, 6.45) is 5.14. The van der Waals surface area contributed by atoms with Crippen molar-refractivity contribution >= 4 is 0 Å². The average Bonchev–Trinajstić information content (AvgIpc) is 2.36. The second-order valence-electron chi connectivity index (χ2n) is 5.46. The van der Waals surface area contributed by atoms with Crippen molar-refractivity contribution in [3.8, 4) is 5.75 Å². The van der Waals surface area contributed by atoms with E-state index in [0.717, 1.165) is 17.7 Å².